The maximum atomic E-state index is 11.0. The Balaban J connectivity index is 2.38. The summed E-state index contributed by atoms with van der Waals surface area (Å²) in [6.07, 6.45) is 0.283. The van der Waals surface area contributed by atoms with Crippen molar-refractivity contribution in [2.75, 3.05) is 13.7 Å². The predicted molar refractivity (Wildman–Crippen MR) is 58.4 cm³/mol. The van der Waals surface area contributed by atoms with Gasteiger partial charge in [-0.1, -0.05) is 0 Å². The lowest BCUT2D eigenvalue weighted by molar-refractivity contribution is 0.102. The molecule has 5 heteroatoms. The van der Waals surface area contributed by atoms with E-state index < -0.39 is 6.09 Å². The highest BCUT2D eigenvalue weighted by atomic mass is 32.1. The lowest BCUT2D eigenvalue weighted by Gasteiger charge is -2.01. The molecule has 0 atom stereocenters. The number of ketones is 1. The fourth-order valence-corrected chi connectivity index (χ4v) is 1.96. The highest BCUT2D eigenvalue weighted by Crippen LogP contribution is 2.16. The van der Waals surface area contributed by atoms with Gasteiger partial charge in [-0.3, -0.25) is 4.79 Å². The van der Waals surface area contributed by atoms with Gasteiger partial charge in [-0.2, -0.15) is 0 Å². The van der Waals surface area contributed by atoms with Crippen molar-refractivity contribution >= 4 is 23.2 Å². The van der Waals surface area contributed by atoms with Crippen molar-refractivity contribution in [1.29, 1.82) is 0 Å². The SMILES string of the molecule is COC(=O)NCCc1ccc(C(C)=O)s1. The van der Waals surface area contributed by atoms with Crippen molar-refractivity contribution < 1.29 is 14.3 Å². The van der Waals surface area contributed by atoms with Crippen LogP contribution in [0.3, 0.4) is 0 Å². The molecule has 0 aliphatic rings. The molecule has 0 radical (unpaired) electrons. The van der Waals surface area contributed by atoms with Crippen molar-refractivity contribution in [2.24, 2.45) is 0 Å². The van der Waals surface area contributed by atoms with Crippen molar-refractivity contribution in [2.45, 2.75) is 13.3 Å². The number of alkyl carbamates (subject to hydrolysis) is 1. The standard InChI is InChI=1S/C10H13NO3S/c1-7(12)9-4-3-8(15-9)5-6-11-10(13)14-2/h3-4H,5-6H2,1-2H3,(H,11,13). The van der Waals surface area contributed by atoms with Crippen molar-refractivity contribution in [3.8, 4) is 0 Å². The van der Waals surface area contributed by atoms with Crippen LogP contribution in [0.15, 0.2) is 12.1 Å². The summed E-state index contributed by atoms with van der Waals surface area (Å²) in [5.74, 6) is 0.0761. The monoisotopic (exact) mass is 227 g/mol. The maximum Gasteiger partial charge on any atom is 0.406 e. The number of hydrogen-bond donors (Lipinski definition) is 1. The van der Waals surface area contributed by atoms with E-state index >= 15 is 0 Å². The molecule has 1 aromatic rings. The fraction of sp³-hybridized carbons (Fsp3) is 0.400. The Morgan fingerprint density at radius 3 is 2.73 bits per heavy atom. The first-order valence-electron chi connectivity index (χ1n) is 4.55. The van der Waals surface area contributed by atoms with E-state index in [1.54, 1.807) is 13.0 Å². The summed E-state index contributed by atoms with van der Waals surface area (Å²) in [6, 6.07) is 3.71. The average Bonchev–Trinajstić information content (AvgIpc) is 2.66. The number of thiophene rings is 1. The molecule has 0 aliphatic heterocycles. The molecule has 0 unspecified atom stereocenters. The Hall–Kier alpha value is -1.36. The van der Waals surface area contributed by atoms with Crippen LogP contribution in [-0.4, -0.2) is 25.5 Å². The Morgan fingerprint density at radius 2 is 2.20 bits per heavy atom. The molecule has 0 aromatic carbocycles. The largest absolute Gasteiger partial charge is 0.453 e. The third kappa shape index (κ3) is 3.71. The van der Waals surface area contributed by atoms with Gasteiger partial charge in [-0.05, 0) is 25.5 Å². The molecule has 0 saturated carbocycles. The van der Waals surface area contributed by atoms with Gasteiger partial charge in [0.15, 0.2) is 5.78 Å². The van der Waals surface area contributed by atoms with Crippen LogP contribution in [0.2, 0.25) is 0 Å². The summed E-state index contributed by atoms with van der Waals surface area (Å²) in [6.45, 7) is 2.06. The Kier molecular flexibility index (Phi) is 4.30. The van der Waals surface area contributed by atoms with Crippen LogP contribution in [-0.2, 0) is 11.2 Å². The molecule has 82 valence electrons. The summed E-state index contributed by atoms with van der Waals surface area (Å²) >= 11 is 1.46. The van der Waals surface area contributed by atoms with Gasteiger partial charge in [-0.15, -0.1) is 11.3 Å². The predicted octanol–water partition coefficient (Wildman–Crippen LogP) is 1.85. The van der Waals surface area contributed by atoms with Crippen LogP contribution < -0.4 is 5.32 Å². The zero-order valence-corrected chi connectivity index (χ0v) is 9.52. The normalized spacial score (nSPS) is 9.73. The van der Waals surface area contributed by atoms with Gasteiger partial charge in [0, 0.05) is 11.4 Å². The van der Waals surface area contributed by atoms with Crippen LogP contribution in [0.4, 0.5) is 4.79 Å². The molecule has 4 nitrogen and oxygen atoms in total. The first-order valence-corrected chi connectivity index (χ1v) is 5.36. The van der Waals surface area contributed by atoms with Crippen LogP contribution in [0, 0.1) is 0 Å². The number of hydrogen-bond acceptors (Lipinski definition) is 4. The second-order valence-electron chi connectivity index (χ2n) is 2.99. The molecule has 1 amide bonds. The Bertz CT molecular complexity index is 359. The summed E-state index contributed by atoms with van der Waals surface area (Å²) in [4.78, 5) is 23.6. The van der Waals surface area contributed by atoms with Gasteiger partial charge in [0.1, 0.15) is 0 Å². The molecule has 1 heterocycles. The number of Topliss-reactive ketones (excluding diaryl/α,β-unsaturated/α-hetero) is 1. The number of rotatable bonds is 4. The second-order valence-corrected chi connectivity index (χ2v) is 4.16. The van der Waals surface area contributed by atoms with Gasteiger partial charge >= 0.3 is 6.09 Å². The third-order valence-electron chi connectivity index (χ3n) is 1.83. The smallest absolute Gasteiger partial charge is 0.406 e. The summed E-state index contributed by atoms with van der Waals surface area (Å²) in [7, 11) is 1.33. The number of carbonyl (C=O) groups excluding carboxylic acids is 2. The van der Waals surface area contributed by atoms with Crippen molar-refractivity contribution in [3.63, 3.8) is 0 Å². The number of carbonyl (C=O) groups is 2. The highest BCUT2D eigenvalue weighted by Gasteiger charge is 2.04. The van der Waals surface area contributed by atoms with E-state index in [2.05, 4.69) is 10.1 Å². The van der Waals surface area contributed by atoms with Gasteiger partial charge in [0.25, 0.3) is 0 Å². The average molecular weight is 227 g/mol. The van der Waals surface area contributed by atoms with E-state index in [9.17, 15) is 9.59 Å². The molecule has 1 aromatic heterocycles. The number of ether oxygens (including phenoxy) is 1. The quantitative estimate of drug-likeness (QED) is 0.799. The van der Waals surface area contributed by atoms with E-state index in [4.69, 9.17) is 0 Å². The molecule has 0 saturated heterocycles. The van der Waals surface area contributed by atoms with Gasteiger partial charge in [0.05, 0.1) is 12.0 Å². The van der Waals surface area contributed by atoms with Gasteiger partial charge in [-0.25, -0.2) is 4.79 Å². The molecule has 0 spiro atoms. The van der Waals surface area contributed by atoms with Crippen LogP contribution >= 0.6 is 11.3 Å². The zero-order chi connectivity index (χ0) is 11.3. The first-order chi connectivity index (χ1) is 7.13. The van der Waals surface area contributed by atoms with E-state index in [0.29, 0.717) is 13.0 Å². The van der Waals surface area contributed by atoms with Gasteiger partial charge in [0.2, 0.25) is 0 Å². The first kappa shape index (κ1) is 11.7. The molecular weight excluding hydrogens is 214 g/mol. The van der Waals surface area contributed by atoms with E-state index in [1.807, 2.05) is 6.07 Å². The number of methoxy groups -OCH3 is 1. The van der Waals surface area contributed by atoms with Crippen molar-refractivity contribution in [3.05, 3.63) is 21.9 Å². The molecule has 1 N–H and O–H groups in total. The minimum absolute atomic E-state index is 0.0761. The van der Waals surface area contributed by atoms with Gasteiger partial charge < -0.3 is 10.1 Å². The fourth-order valence-electron chi connectivity index (χ4n) is 1.06. The minimum atomic E-state index is -0.432. The van der Waals surface area contributed by atoms with Crippen molar-refractivity contribution in [1.82, 2.24) is 5.32 Å². The third-order valence-corrected chi connectivity index (χ3v) is 3.08. The molecule has 15 heavy (non-hydrogen) atoms. The summed E-state index contributed by atoms with van der Waals surface area (Å²) in [5.41, 5.74) is 0. The topological polar surface area (TPSA) is 55.4 Å². The van der Waals surface area contributed by atoms with Crippen LogP contribution in [0.1, 0.15) is 21.5 Å². The molecule has 1 rings (SSSR count). The Morgan fingerprint density at radius 1 is 1.47 bits per heavy atom. The van der Waals surface area contributed by atoms with E-state index in [-0.39, 0.29) is 5.78 Å². The molecular formula is C10H13NO3S. The zero-order valence-electron chi connectivity index (χ0n) is 8.70. The summed E-state index contributed by atoms with van der Waals surface area (Å²) in [5, 5.41) is 2.58. The lowest BCUT2D eigenvalue weighted by Crippen LogP contribution is -2.24. The summed E-state index contributed by atoms with van der Waals surface area (Å²) < 4.78 is 4.43. The minimum Gasteiger partial charge on any atom is -0.453 e. The van der Waals surface area contributed by atoms with E-state index in [0.717, 1.165) is 9.75 Å². The van der Waals surface area contributed by atoms with Crippen LogP contribution in [0.25, 0.3) is 0 Å². The second kappa shape index (κ2) is 5.50. The lowest BCUT2D eigenvalue weighted by atomic mass is 10.3. The molecule has 0 bridgehead atoms. The van der Waals surface area contributed by atoms with Crippen LogP contribution in [0.5, 0.6) is 0 Å². The van der Waals surface area contributed by atoms with E-state index in [1.165, 1.54) is 18.4 Å². The Labute approximate surface area is 92.2 Å². The highest BCUT2D eigenvalue weighted by molar-refractivity contribution is 7.14. The maximum absolute atomic E-state index is 11.0. The molecule has 0 aliphatic carbocycles. The molecule has 0 fully saturated rings. The number of amides is 1. The number of nitrogens with one attached hydrogen (secondary N) is 1.